The minimum absolute atomic E-state index is 0.0295. The van der Waals surface area contributed by atoms with Crippen LogP contribution in [0, 0.1) is 0 Å². The average Bonchev–Trinajstić information content (AvgIpc) is 3.10. The highest BCUT2D eigenvalue weighted by atomic mass is 16.2. The monoisotopic (exact) mass is 362 g/mol. The third-order valence-electron chi connectivity index (χ3n) is 4.67. The maximum Gasteiger partial charge on any atom is 0.254 e. The van der Waals surface area contributed by atoms with Gasteiger partial charge in [-0.05, 0) is 30.8 Å². The standard InChI is InChI=1S/C20H22N6O/c1-24(12-16-3-2-6-22-11-16)13-18-14-25-9-10-26(15-19(25)23-18)20(27)17-4-7-21-8-5-17/h2-8,11,14H,9-10,12-13,15H2,1H3. The molecule has 0 N–H and O–H groups in total. The molecule has 0 saturated carbocycles. The van der Waals surface area contributed by atoms with E-state index in [9.17, 15) is 4.79 Å². The summed E-state index contributed by atoms with van der Waals surface area (Å²) in [6.45, 7) is 3.57. The lowest BCUT2D eigenvalue weighted by Crippen LogP contribution is -2.38. The van der Waals surface area contributed by atoms with Crippen LogP contribution in [0.1, 0.15) is 27.4 Å². The van der Waals surface area contributed by atoms with Crippen LogP contribution >= 0.6 is 0 Å². The molecule has 0 bridgehead atoms. The highest BCUT2D eigenvalue weighted by Gasteiger charge is 2.23. The van der Waals surface area contributed by atoms with Gasteiger partial charge < -0.3 is 9.47 Å². The number of imidazole rings is 1. The number of carbonyl (C=O) groups is 1. The van der Waals surface area contributed by atoms with E-state index in [0.717, 1.165) is 31.2 Å². The number of rotatable bonds is 5. The largest absolute Gasteiger partial charge is 0.331 e. The van der Waals surface area contributed by atoms with Gasteiger partial charge in [-0.2, -0.15) is 0 Å². The number of fused-ring (bicyclic) bond motifs is 1. The predicted octanol–water partition coefficient (Wildman–Crippen LogP) is 1.96. The van der Waals surface area contributed by atoms with Crippen LogP contribution in [0.5, 0.6) is 0 Å². The Morgan fingerprint density at radius 1 is 1.11 bits per heavy atom. The number of hydrogen-bond acceptors (Lipinski definition) is 5. The second-order valence-corrected chi connectivity index (χ2v) is 6.84. The Bertz CT molecular complexity index is 909. The van der Waals surface area contributed by atoms with Crippen molar-refractivity contribution in [3.8, 4) is 0 Å². The van der Waals surface area contributed by atoms with E-state index in [-0.39, 0.29) is 5.91 Å². The van der Waals surface area contributed by atoms with Gasteiger partial charge in [-0.3, -0.25) is 19.7 Å². The first kappa shape index (κ1) is 17.4. The van der Waals surface area contributed by atoms with Crippen LogP contribution < -0.4 is 0 Å². The fourth-order valence-electron chi connectivity index (χ4n) is 3.37. The first-order chi connectivity index (χ1) is 13.2. The Morgan fingerprint density at radius 2 is 1.96 bits per heavy atom. The molecule has 1 aliphatic heterocycles. The van der Waals surface area contributed by atoms with Crippen molar-refractivity contribution in [2.45, 2.75) is 26.2 Å². The van der Waals surface area contributed by atoms with Crippen LogP contribution in [-0.4, -0.2) is 48.8 Å². The van der Waals surface area contributed by atoms with Gasteiger partial charge in [0.25, 0.3) is 5.91 Å². The van der Waals surface area contributed by atoms with E-state index in [4.69, 9.17) is 4.98 Å². The fourth-order valence-corrected chi connectivity index (χ4v) is 3.37. The van der Waals surface area contributed by atoms with E-state index in [1.807, 2.05) is 17.2 Å². The van der Waals surface area contributed by atoms with Crippen molar-refractivity contribution in [3.63, 3.8) is 0 Å². The lowest BCUT2D eigenvalue weighted by molar-refractivity contribution is 0.0707. The summed E-state index contributed by atoms with van der Waals surface area (Å²) in [4.78, 5) is 29.6. The fraction of sp³-hybridized carbons (Fsp3) is 0.300. The molecule has 4 rings (SSSR count). The molecule has 1 aliphatic rings. The molecule has 3 aromatic heterocycles. The quantitative estimate of drug-likeness (QED) is 0.694. The minimum atomic E-state index is 0.0295. The molecule has 27 heavy (non-hydrogen) atoms. The Morgan fingerprint density at radius 3 is 2.74 bits per heavy atom. The Balaban J connectivity index is 1.40. The normalized spacial score (nSPS) is 13.6. The van der Waals surface area contributed by atoms with E-state index in [1.54, 1.807) is 30.7 Å². The van der Waals surface area contributed by atoms with Crippen molar-refractivity contribution in [3.05, 3.63) is 77.9 Å². The summed E-state index contributed by atoms with van der Waals surface area (Å²) in [5.41, 5.74) is 2.87. The van der Waals surface area contributed by atoms with Gasteiger partial charge in [-0.15, -0.1) is 0 Å². The van der Waals surface area contributed by atoms with Gasteiger partial charge >= 0.3 is 0 Å². The molecule has 138 valence electrons. The molecule has 0 aromatic carbocycles. The molecule has 0 aliphatic carbocycles. The average molecular weight is 362 g/mol. The number of aromatic nitrogens is 4. The van der Waals surface area contributed by atoms with Crippen LogP contribution in [0.4, 0.5) is 0 Å². The molecule has 4 heterocycles. The molecule has 0 spiro atoms. The van der Waals surface area contributed by atoms with Crippen molar-refractivity contribution in [1.29, 1.82) is 0 Å². The highest BCUT2D eigenvalue weighted by Crippen LogP contribution is 2.16. The lowest BCUT2D eigenvalue weighted by atomic mass is 10.2. The molecular weight excluding hydrogens is 340 g/mol. The molecule has 7 nitrogen and oxygen atoms in total. The van der Waals surface area contributed by atoms with Crippen molar-refractivity contribution in [1.82, 2.24) is 29.3 Å². The summed E-state index contributed by atoms with van der Waals surface area (Å²) in [6, 6.07) is 7.53. The number of pyridine rings is 2. The first-order valence-corrected chi connectivity index (χ1v) is 9.01. The summed E-state index contributed by atoms with van der Waals surface area (Å²) in [7, 11) is 2.07. The zero-order chi connectivity index (χ0) is 18.6. The van der Waals surface area contributed by atoms with E-state index in [2.05, 4.69) is 38.7 Å². The molecule has 3 aromatic rings. The van der Waals surface area contributed by atoms with E-state index in [0.29, 0.717) is 18.7 Å². The van der Waals surface area contributed by atoms with Crippen molar-refractivity contribution >= 4 is 5.91 Å². The summed E-state index contributed by atoms with van der Waals surface area (Å²) in [5.74, 6) is 0.968. The van der Waals surface area contributed by atoms with Gasteiger partial charge in [0.05, 0.1) is 12.2 Å². The molecule has 7 heteroatoms. The first-order valence-electron chi connectivity index (χ1n) is 9.01. The summed E-state index contributed by atoms with van der Waals surface area (Å²) in [5, 5.41) is 0. The second kappa shape index (κ2) is 7.67. The molecule has 0 unspecified atom stereocenters. The van der Waals surface area contributed by atoms with E-state index in [1.165, 1.54) is 5.56 Å². The smallest absolute Gasteiger partial charge is 0.254 e. The third kappa shape index (κ3) is 4.03. The third-order valence-corrected chi connectivity index (χ3v) is 4.67. The Hall–Kier alpha value is -3.06. The maximum absolute atomic E-state index is 12.6. The number of amides is 1. The number of carbonyl (C=O) groups excluding carboxylic acids is 1. The molecule has 0 atom stereocenters. The predicted molar refractivity (Wildman–Crippen MR) is 101 cm³/mol. The number of hydrogen-bond donors (Lipinski definition) is 0. The van der Waals surface area contributed by atoms with Crippen LogP contribution in [0.15, 0.2) is 55.2 Å². The molecule has 0 radical (unpaired) electrons. The van der Waals surface area contributed by atoms with Gasteiger partial charge in [0.1, 0.15) is 5.82 Å². The summed E-state index contributed by atoms with van der Waals surface area (Å²) < 4.78 is 2.16. The zero-order valence-corrected chi connectivity index (χ0v) is 15.3. The SMILES string of the molecule is CN(Cc1cccnc1)Cc1cn2c(n1)CN(C(=O)c1ccncc1)CC2. The van der Waals surface area contributed by atoms with E-state index >= 15 is 0 Å². The minimum Gasteiger partial charge on any atom is -0.331 e. The number of nitrogens with zero attached hydrogens (tertiary/aromatic N) is 6. The van der Waals surface area contributed by atoms with E-state index < -0.39 is 0 Å². The molecule has 0 saturated heterocycles. The maximum atomic E-state index is 12.6. The van der Waals surface area contributed by atoms with Crippen molar-refractivity contribution < 1.29 is 4.79 Å². The summed E-state index contributed by atoms with van der Waals surface area (Å²) >= 11 is 0. The second-order valence-electron chi connectivity index (χ2n) is 6.84. The van der Waals surface area contributed by atoms with Gasteiger partial charge in [-0.25, -0.2) is 4.98 Å². The van der Waals surface area contributed by atoms with Crippen LogP contribution in [0.2, 0.25) is 0 Å². The van der Waals surface area contributed by atoms with Crippen molar-refractivity contribution in [2.75, 3.05) is 13.6 Å². The van der Waals surface area contributed by atoms with Crippen LogP contribution in [0.3, 0.4) is 0 Å². The van der Waals surface area contributed by atoms with Crippen LogP contribution in [-0.2, 0) is 26.2 Å². The van der Waals surface area contributed by atoms with Gasteiger partial charge in [0, 0.05) is 62.7 Å². The lowest BCUT2D eigenvalue weighted by Gasteiger charge is -2.27. The highest BCUT2D eigenvalue weighted by molar-refractivity contribution is 5.94. The Labute approximate surface area is 158 Å². The molecular formula is C20H22N6O. The Kier molecular flexibility index (Phi) is 4.93. The van der Waals surface area contributed by atoms with Gasteiger partial charge in [0.2, 0.25) is 0 Å². The van der Waals surface area contributed by atoms with Gasteiger partial charge in [0.15, 0.2) is 0 Å². The van der Waals surface area contributed by atoms with Crippen LogP contribution in [0.25, 0.3) is 0 Å². The molecule has 1 amide bonds. The van der Waals surface area contributed by atoms with Crippen molar-refractivity contribution in [2.24, 2.45) is 0 Å². The zero-order valence-electron chi connectivity index (χ0n) is 15.3. The summed E-state index contributed by atoms with van der Waals surface area (Å²) in [6.07, 6.45) is 9.06. The topological polar surface area (TPSA) is 67.2 Å². The van der Waals surface area contributed by atoms with Gasteiger partial charge in [-0.1, -0.05) is 6.07 Å². The molecule has 0 fully saturated rings.